The molecule has 10 heteroatoms. The van der Waals surface area contributed by atoms with Crippen molar-refractivity contribution in [3.8, 4) is 28.3 Å². The number of nitrogens with one attached hydrogen (secondary N) is 1. The number of pyridine rings is 2. The average Bonchev–Trinajstić information content (AvgIpc) is 3.45. The van der Waals surface area contributed by atoms with Crippen molar-refractivity contribution >= 4 is 17.6 Å². The molecule has 1 amide bonds. The van der Waals surface area contributed by atoms with Gasteiger partial charge in [0.05, 0.1) is 19.0 Å². The molecule has 0 aliphatic rings. The highest BCUT2D eigenvalue weighted by Crippen LogP contribution is 2.29. The molecular formula is C25H22FN7O2. The van der Waals surface area contributed by atoms with Crippen LogP contribution in [0.25, 0.3) is 34.0 Å². The molecule has 0 saturated carbocycles. The highest BCUT2D eigenvalue weighted by atomic mass is 19.1. The first-order valence-corrected chi connectivity index (χ1v) is 10.8. The molecule has 176 valence electrons. The lowest BCUT2D eigenvalue weighted by molar-refractivity contribution is 0.187. The Morgan fingerprint density at radius 3 is 2.51 bits per heavy atom. The minimum absolute atomic E-state index is 0.261. The number of halogens is 1. The van der Waals surface area contributed by atoms with Crippen LogP contribution in [-0.4, -0.2) is 42.3 Å². The van der Waals surface area contributed by atoms with E-state index in [1.165, 1.54) is 13.2 Å². The van der Waals surface area contributed by atoms with Crippen molar-refractivity contribution in [1.29, 1.82) is 0 Å². The van der Waals surface area contributed by atoms with Gasteiger partial charge in [0.2, 0.25) is 0 Å². The van der Waals surface area contributed by atoms with E-state index >= 15 is 0 Å². The number of aryl methyl sites for hydroxylation is 3. The molecule has 9 nitrogen and oxygen atoms in total. The monoisotopic (exact) mass is 471 g/mol. The van der Waals surface area contributed by atoms with E-state index in [2.05, 4.69) is 30.2 Å². The SMILES string of the molecule is COC(=O)Nc1ccc(-c2cnc3c(C)cc(-c4nnc(C)n4-c4ccc(F)c(C)c4)cn23)cn1. The van der Waals surface area contributed by atoms with Crippen LogP contribution in [0.15, 0.2) is 55.0 Å². The molecule has 4 aromatic heterocycles. The number of imidazole rings is 1. The zero-order valence-corrected chi connectivity index (χ0v) is 19.6. The second kappa shape index (κ2) is 8.64. The first kappa shape index (κ1) is 22.2. The summed E-state index contributed by atoms with van der Waals surface area (Å²) < 4.78 is 22.4. The molecule has 5 aromatic rings. The van der Waals surface area contributed by atoms with Crippen LogP contribution in [0.3, 0.4) is 0 Å². The van der Waals surface area contributed by atoms with Gasteiger partial charge in [-0.05, 0) is 68.3 Å². The number of fused-ring (bicyclic) bond motifs is 1. The summed E-state index contributed by atoms with van der Waals surface area (Å²) in [5.74, 6) is 1.44. The smallest absolute Gasteiger partial charge is 0.412 e. The number of nitrogens with zero attached hydrogens (tertiary/aromatic N) is 6. The molecule has 0 fully saturated rings. The zero-order valence-electron chi connectivity index (χ0n) is 19.6. The Balaban J connectivity index is 1.60. The van der Waals surface area contributed by atoms with Gasteiger partial charge in [-0.3, -0.25) is 14.3 Å². The van der Waals surface area contributed by atoms with E-state index in [0.717, 1.165) is 33.7 Å². The van der Waals surface area contributed by atoms with E-state index < -0.39 is 6.09 Å². The number of aromatic nitrogens is 6. The molecule has 0 aliphatic carbocycles. The summed E-state index contributed by atoms with van der Waals surface area (Å²) >= 11 is 0. The molecule has 1 N–H and O–H groups in total. The highest BCUT2D eigenvalue weighted by Gasteiger charge is 2.17. The Hall–Kier alpha value is -4.60. The standard InChI is InChI=1S/C25H22FN7O2/c1-14-10-19(6-7-20(14)26)33-16(3)30-31-24(33)18-9-15(2)23-28-12-21(32(23)13-18)17-5-8-22(27-11-17)29-25(34)35-4/h5-13H,1-4H3,(H,27,29,34). The van der Waals surface area contributed by atoms with Crippen LogP contribution in [-0.2, 0) is 4.74 Å². The number of ether oxygens (including phenoxy) is 1. The Bertz CT molecular complexity index is 1570. The summed E-state index contributed by atoms with van der Waals surface area (Å²) in [4.78, 5) is 20.3. The van der Waals surface area contributed by atoms with Gasteiger partial charge in [-0.2, -0.15) is 0 Å². The number of benzene rings is 1. The van der Waals surface area contributed by atoms with Gasteiger partial charge in [-0.25, -0.2) is 19.2 Å². The molecule has 0 atom stereocenters. The van der Waals surface area contributed by atoms with Crippen molar-refractivity contribution in [2.75, 3.05) is 12.4 Å². The van der Waals surface area contributed by atoms with Crippen LogP contribution in [0, 0.1) is 26.6 Å². The van der Waals surface area contributed by atoms with Gasteiger partial charge in [0.1, 0.15) is 23.1 Å². The fourth-order valence-electron chi connectivity index (χ4n) is 3.99. The second-order valence-electron chi connectivity index (χ2n) is 8.14. The maximum absolute atomic E-state index is 13.9. The quantitative estimate of drug-likeness (QED) is 0.401. The number of carbonyl (C=O) groups excluding carboxylic acids is 1. The third kappa shape index (κ3) is 3.99. The minimum Gasteiger partial charge on any atom is -0.453 e. The highest BCUT2D eigenvalue weighted by molar-refractivity contribution is 5.83. The van der Waals surface area contributed by atoms with Gasteiger partial charge in [0, 0.05) is 29.2 Å². The third-order valence-electron chi connectivity index (χ3n) is 5.75. The summed E-state index contributed by atoms with van der Waals surface area (Å²) in [6.45, 7) is 5.57. The molecule has 5 rings (SSSR count). The van der Waals surface area contributed by atoms with Crippen LogP contribution < -0.4 is 5.32 Å². The van der Waals surface area contributed by atoms with E-state index in [9.17, 15) is 9.18 Å². The van der Waals surface area contributed by atoms with Gasteiger partial charge in [0.25, 0.3) is 0 Å². The Labute approximate surface area is 200 Å². The van der Waals surface area contributed by atoms with Gasteiger partial charge >= 0.3 is 6.09 Å². The molecule has 0 aliphatic heterocycles. The van der Waals surface area contributed by atoms with Crippen LogP contribution in [0.4, 0.5) is 15.0 Å². The maximum Gasteiger partial charge on any atom is 0.412 e. The first-order chi connectivity index (χ1) is 16.9. The molecule has 1 aromatic carbocycles. The number of amides is 1. The average molecular weight is 471 g/mol. The summed E-state index contributed by atoms with van der Waals surface area (Å²) in [6, 6.07) is 10.5. The van der Waals surface area contributed by atoms with Crippen LogP contribution >= 0.6 is 0 Å². The predicted molar refractivity (Wildman–Crippen MR) is 129 cm³/mol. The lowest BCUT2D eigenvalue weighted by atomic mass is 10.1. The second-order valence-corrected chi connectivity index (χ2v) is 8.14. The molecule has 35 heavy (non-hydrogen) atoms. The van der Waals surface area contributed by atoms with Gasteiger partial charge < -0.3 is 4.74 Å². The fourth-order valence-corrected chi connectivity index (χ4v) is 3.99. The first-order valence-electron chi connectivity index (χ1n) is 10.8. The number of methoxy groups -OCH3 is 1. The molecule has 4 heterocycles. The summed E-state index contributed by atoms with van der Waals surface area (Å²) in [6.07, 6.45) is 4.79. The number of anilines is 1. The van der Waals surface area contributed by atoms with Crippen LogP contribution in [0.5, 0.6) is 0 Å². The molecule has 0 bridgehead atoms. The normalized spacial score (nSPS) is 11.1. The topological polar surface area (TPSA) is 99.2 Å². The largest absolute Gasteiger partial charge is 0.453 e. The van der Waals surface area contributed by atoms with Crippen molar-refractivity contribution in [2.24, 2.45) is 0 Å². The number of hydrogen-bond acceptors (Lipinski definition) is 6. The van der Waals surface area contributed by atoms with Crippen molar-refractivity contribution < 1.29 is 13.9 Å². The molecule has 0 radical (unpaired) electrons. The van der Waals surface area contributed by atoms with E-state index in [1.54, 1.807) is 37.5 Å². The Morgan fingerprint density at radius 1 is 0.971 bits per heavy atom. The minimum atomic E-state index is -0.587. The van der Waals surface area contributed by atoms with Crippen molar-refractivity contribution in [2.45, 2.75) is 20.8 Å². The van der Waals surface area contributed by atoms with Crippen LogP contribution in [0.1, 0.15) is 17.0 Å². The predicted octanol–water partition coefficient (Wildman–Crippen LogP) is 4.89. The third-order valence-corrected chi connectivity index (χ3v) is 5.75. The van der Waals surface area contributed by atoms with E-state index in [4.69, 9.17) is 0 Å². The molecule has 0 saturated heterocycles. The summed E-state index contributed by atoms with van der Waals surface area (Å²) in [5.41, 5.74) is 5.53. The molecule has 0 spiro atoms. The maximum atomic E-state index is 13.9. The van der Waals surface area contributed by atoms with E-state index in [1.807, 2.05) is 41.1 Å². The van der Waals surface area contributed by atoms with Crippen LogP contribution in [0.2, 0.25) is 0 Å². The lowest BCUT2D eigenvalue weighted by Crippen LogP contribution is -2.11. The number of rotatable bonds is 4. The van der Waals surface area contributed by atoms with Crippen molar-refractivity contribution in [3.05, 3.63) is 77.8 Å². The fraction of sp³-hybridized carbons (Fsp3) is 0.160. The molecular weight excluding hydrogens is 449 g/mol. The Kier molecular flexibility index (Phi) is 5.48. The van der Waals surface area contributed by atoms with Gasteiger partial charge in [-0.15, -0.1) is 10.2 Å². The lowest BCUT2D eigenvalue weighted by Gasteiger charge is -2.12. The van der Waals surface area contributed by atoms with E-state index in [-0.39, 0.29) is 5.82 Å². The van der Waals surface area contributed by atoms with Crippen molar-refractivity contribution in [1.82, 2.24) is 29.1 Å². The summed E-state index contributed by atoms with van der Waals surface area (Å²) in [7, 11) is 1.29. The number of hydrogen-bond donors (Lipinski definition) is 1. The van der Waals surface area contributed by atoms with E-state index in [0.29, 0.717) is 23.0 Å². The van der Waals surface area contributed by atoms with Crippen molar-refractivity contribution in [3.63, 3.8) is 0 Å². The summed E-state index contributed by atoms with van der Waals surface area (Å²) in [5, 5.41) is 11.2. The Morgan fingerprint density at radius 2 is 1.80 bits per heavy atom. The van der Waals surface area contributed by atoms with Gasteiger partial charge in [-0.1, -0.05) is 0 Å². The molecule has 0 unspecified atom stereocenters. The zero-order chi connectivity index (χ0) is 24.7. The number of carbonyl (C=O) groups is 1. The van der Waals surface area contributed by atoms with Gasteiger partial charge in [0.15, 0.2) is 5.82 Å².